The largest absolute Gasteiger partial charge is 0.472 e. The topological polar surface area (TPSA) is 111 Å². The molecule has 0 fully saturated rings. The van der Waals surface area contributed by atoms with Gasteiger partial charge in [0, 0.05) is 12.8 Å². The minimum atomic E-state index is -4.44. The Bertz CT molecular complexity index is 1350. The number of nitrogens with zero attached hydrogens (tertiary/aromatic N) is 1. The molecule has 0 heterocycles. The summed E-state index contributed by atoms with van der Waals surface area (Å²) in [5, 5.41) is 3.05. The average molecular weight is 1050 g/mol. The van der Waals surface area contributed by atoms with Gasteiger partial charge in [-0.15, -0.1) is 0 Å². The number of phosphoric ester groups is 1. The van der Waals surface area contributed by atoms with Crippen LogP contribution >= 0.6 is 7.82 Å². The van der Waals surface area contributed by atoms with Crippen molar-refractivity contribution in [2.75, 3.05) is 40.9 Å². The number of hydrogen-bond donors (Lipinski definition) is 2. The number of quaternary nitrogens is 1. The molecule has 0 spiro atoms. The molecule has 73 heavy (non-hydrogen) atoms. The highest BCUT2D eigenvalue weighted by Gasteiger charge is 2.30. The Hall–Kier alpha value is -1.77. The molecule has 0 aliphatic rings. The zero-order valence-corrected chi connectivity index (χ0v) is 50.0. The number of carbonyl (C=O) groups is 2. The van der Waals surface area contributed by atoms with E-state index >= 15 is 0 Å². The summed E-state index contributed by atoms with van der Waals surface area (Å²) in [6, 6.07) is -0.848. The number of allylic oxidation sites excluding steroid dienone is 5. The molecule has 0 saturated carbocycles. The lowest BCUT2D eigenvalue weighted by atomic mass is 10.0. The van der Waals surface area contributed by atoms with E-state index in [1.807, 2.05) is 33.3 Å². The van der Waals surface area contributed by atoms with Crippen molar-refractivity contribution in [2.45, 2.75) is 315 Å². The Kier molecular flexibility index (Phi) is 52.3. The summed E-state index contributed by atoms with van der Waals surface area (Å²) in [4.78, 5) is 37.7. The van der Waals surface area contributed by atoms with E-state index in [4.69, 9.17) is 13.8 Å². The molecule has 3 atom stereocenters. The number of nitrogens with one attached hydrogen (secondary N) is 1. The molecular weight excluding hydrogens is 928 g/mol. The molecule has 0 aliphatic carbocycles. The van der Waals surface area contributed by atoms with Crippen LogP contribution in [0.3, 0.4) is 0 Å². The maximum Gasteiger partial charge on any atom is 0.472 e. The SMILES string of the molecule is CC/C=C/C/C=C/CCCCCCCCCC(=O)NC(COP(=O)(O)OCC[N+](C)(C)C)C(/C=C\CCCCCCCCCCCC)OC(=O)CCCCCCCCCCCCCCCCCCCCCCC. The lowest BCUT2D eigenvalue weighted by Crippen LogP contribution is -2.47. The zero-order chi connectivity index (χ0) is 53.6. The van der Waals surface area contributed by atoms with Crippen LogP contribution in [0.1, 0.15) is 303 Å². The van der Waals surface area contributed by atoms with Crippen LogP contribution in [-0.2, 0) is 27.9 Å². The van der Waals surface area contributed by atoms with Gasteiger partial charge in [0.1, 0.15) is 19.3 Å². The third kappa shape index (κ3) is 54.8. The fourth-order valence-electron chi connectivity index (χ4n) is 9.27. The van der Waals surface area contributed by atoms with E-state index < -0.39 is 20.0 Å². The van der Waals surface area contributed by atoms with Crippen LogP contribution in [0.2, 0.25) is 0 Å². The van der Waals surface area contributed by atoms with E-state index in [1.165, 1.54) is 186 Å². The highest BCUT2D eigenvalue weighted by atomic mass is 31.2. The Labute approximate surface area is 453 Å². The molecule has 0 aromatic heterocycles. The van der Waals surface area contributed by atoms with E-state index in [2.05, 4.69) is 50.4 Å². The first-order valence-corrected chi connectivity index (χ1v) is 32.8. The summed E-state index contributed by atoms with van der Waals surface area (Å²) in [6.07, 6.45) is 64.3. The van der Waals surface area contributed by atoms with Gasteiger partial charge in [0.15, 0.2) is 0 Å². The molecule has 3 unspecified atom stereocenters. The van der Waals surface area contributed by atoms with Crippen LogP contribution in [0.25, 0.3) is 0 Å². The molecule has 0 aliphatic heterocycles. The first-order chi connectivity index (χ1) is 35.4. The van der Waals surface area contributed by atoms with Gasteiger partial charge in [0.05, 0.1) is 33.8 Å². The highest BCUT2D eigenvalue weighted by molar-refractivity contribution is 7.47. The van der Waals surface area contributed by atoms with Gasteiger partial charge in [0.25, 0.3) is 0 Å². The third-order valence-electron chi connectivity index (χ3n) is 14.1. The molecule has 9 nitrogen and oxygen atoms in total. The predicted molar refractivity (Wildman–Crippen MR) is 314 cm³/mol. The van der Waals surface area contributed by atoms with E-state index in [0.717, 1.165) is 83.5 Å². The first kappa shape index (κ1) is 71.2. The Morgan fingerprint density at radius 1 is 0.493 bits per heavy atom. The quantitative estimate of drug-likeness (QED) is 0.0205. The first-order valence-electron chi connectivity index (χ1n) is 31.3. The van der Waals surface area contributed by atoms with Crippen molar-refractivity contribution in [3.8, 4) is 0 Å². The molecule has 0 saturated heterocycles. The van der Waals surface area contributed by atoms with Gasteiger partial charge >= 0.3 is 13.8 Å². The van der Waals surface area contributed by atoms with Gasteiger partial charge in [-0.05, 0) is 57.4 Å². The third-order valence-corrected chi connectivity index (χ3v) is 15.1. The van der Waals surface area contributed by atoms with Crippen molar-refractivity contribution in [1.29, 1.82) is 0 Å². The summed E-state index contributed by atoms with van der Waals surface area (Å²) < 4.78 is 30.7. The number of hydrogen-bond acceptors (Lipinski definition) is 6. The zero-order valence-electron chi connectivity index (χ0n) is 49.1. The maximum absolute atomic E-state index is 13.5. The fraction of sp³-hybridized carbons (Fsp3) is 0.873. The normalized spacial score (nSPS) is 13.9. The summed E-state index contributed by atoms with van der Waals surface area (Å²) in [5.41, 5.74) is 0. The number of carbonyl (C=O) groups excluding carboxylic acids is 2. The molecule has 0 bridgehead atoms. The highest BCUT2D eigenvalue weighted by Crippen LogP contribution is 2.43. The van der Waals surface area contributed by atoms with Crippen LogP contribution in [0.15, 0.2) is 36.5 Å². The van der Waals surface area contributed by atoms with E-state index in [-0.39, 0.29) is 25.1 Å². The number of likely N-dealkylation sites (N-methyl/N-ethyl adjacent to an activating group) is 1. The smallest absolute Gasteiger partial charge is 0.456 e. The minimum absolute atomic E-state index is 0.0406. The summed E-state index contributed by atoms with van der Waals surface area (Å²) in [6.45, 7) is 6.94. The van der Waals surface area contributed by atoms with Crippen LogP contribution in [-0.4, -0.2) is 74.3 Å². The molecule has 430 valence electrons. The number of esters is 1. The summed E-state index contributed by atoms with van der Waals surface area (Å²) in [5.74, 6) is -0.501. The second kappa shape index (κ2) is 53.6. The number of phosphoric acid groups is 1. The van der Waals surface area contributed by atoms with E-state index in [0.29, 0.717) is 23.9 Å². The van der Waals surface area contributed by atoms with E-state index in [9.17, 15) is 19.0 Å². The minimum Gasteiger partial charge on any atom is -0.456 e. The van der Waals surface area contributed by atoms with Crippen molar-refractivity contribution in [1.82, 2.24) is 5.32 Å². The van der Waals surface area contributed by atoms with Crippen LogP contribution in [0, 0.1) is 0 Å². The molecular formula is C63H122N2O7P+. The van der Waals surface area contributed by atoms with Crippen molar-refractivity contribution in [3.05, 3.63) is 36.5 Å². The molecule has 0 aromatic rings. The standard InChI is InChI=1S/C63H121N2O7P/c1-7-10-13-16-19-22-25-28-30-31-32-33-34-35-36-38-41-44-47-50-53-56-63(67)72-61(54-51-48-45-42-39-27-24-21-18-15-12-9-3)60(59-71-73(68,69)70-58-57-65(4,5)6)64-62(66)55-52-49-46-43-40-37-29-26-23-20-17-14-11-8-2/h11,14,20,23,51,54,60-61H,7-10,12-13,15-19,21-22,24-50,52-53,55-59H2,1-6H3,(H-,64,66,68,69)/p+1/b14-11+,23-20+,54-51-. The van der Waals surface area contributed by atoms with Gasteiger partial charge < -0.3 is 19.4 Å². The fourth-order valence-corrected chi connectivity index (χ4v) is 10.0. The second-order valence-electron chi connectivity index (χ2n) is 22.6. The Morgan fingerprint density at radius 3 is 1.30 bits per heavy atom. The molecule has 1 amide bonds. The van der Waals surface area contributed by atoms with Gasteiger partial charge in [0.2, 0.25) is 5.91 Å². The number of unbranched alkanes of at least 4 members (excludes halogenated alkanes) is 37. The lowest BCUT2D eigenvalue weighted by molar-refractivity contribution is -0.870. The summed E-state index contributed by atoms with van der Waals surface area (Å²) >= 11 is 0. The van der Waals surface area contributed by atoms with Crippen LogP contribution < -0.4 is 5.32 Å². The van der Waals surface area contributed by atoms with Crippen LogP contribution in [0.4, 0.5) is 0 Å². The molecule has 0 radical (unpaired) electrons. The number of amides is 1. The van der Waals surface area contributed by atoms with Crippen molar-refractivity contribution in [2.24, 2.45) is 0 Å². The molecule has 0 aromatic carbocycles. The van der Waals surface area contributed by atoms with Crippen molar-refractivity contribution >= 4 is 19.7 Å². The van der Waals surface area contributed by atoms with Crippen molar-refractivity contribution < 1.29 is 37.3 Å². The second-order valence-corrected chi connectivity index (χ2v) is 24.0. The number of ether oxygens (including phenoxy) is 1. The van der Waals surface area contributed by atoms with Gasteiger partial charge in [-0.3, -0.25) is 18.6 Å². The lowest BCUT2D eigenvalue weighted by Gasteiger charge is -2.27. The van der Waals surface area contributed by atoms with Gasteiger partial charge in [-0.25, -0.2) is 4.57 Å². The molecule has 2 N–H and O–H groups in total. The van der Waals surface area contributed by atoms with Gasteiger partial charge in [-0.2, -0.15) is 0 Å². The molecule has 10 heteroatoms. The van der Waals surface area contributed by atoms with E-state index in [1.54, 1.807) is 0 Å². The van der Waals surface area contributed by atoms with Gasteiger partial charge in [-0.1, -0.05) is 269 Å². The summed E-state index contributed by atoms with van der Waals surface area (Å²) in [7, 11) is 1.50. The number of rotatable bonds is 57. The monoisotopic (exact) mass is 1050 g/mol. The average Bonchev–Trinajstić information content (AvgIpc) is 3.35. The van der Waals surface area contributed by atoms with Crippen molar-refractivity contribution in [3.63, 3.8) is 0 Å². The Balaban J connectivity index is 5.17. The molecule has 0 rings (SSSR count). The Morgan fingerprint density at radius 2 is 0.877 bits per heavy atom. The van der Waals surface area contributed by atoms with Crippen LogP contribution in [0.5, 0.6) is 0 Å². The predicted octanol–water partition coefficient (Wildman–Crippen LogP) is 19.1. The maximum atomic E-state index is 13.5.